The zero-order valence-corrected chi connectivity index (χ0v) is 20.9. The summed E-state index contributed by atoms with van der Waals surface area (Å²) in [7, 11) is -2.52. The van der Waals surface area contributed by atoms with Crippen molar-refractivity contribution < 1.29 is 13.5 Å². The largest absolute Gasteiger partial charge is 0.507 e. The first-order valence-corrected chi connectivity index (χ1v) is 12.4. The maximum atomic E-state index is 13.1. The lowest BCUT2D eigenvalue weighted by molar-refractivity contribution is 0.459. The Labute approximate surface area is 203 Å². The predicted molar refractivity (Wildman–Crippen MR) is 134 cm³/mol. The van der Waals surface area contributed by atoms with Crippen LogP contribution in [0.25, 0.3) is 11.1 Å². The number of nitrogens with zero attached hydrogens (tertiary/aromatic N) is 5. The number of aromatic amines is 1. The Kier molecular flexibility index (Phi) is 6.20. The number of hydrogen-bond donors (Lipinski definition) is 3. The fourth-order valence-electron chi connectivity index (χ4n) is 3.63. The third-order valence-electron chi connectivity index (χ3n) is 5.35. The number of rotatable bonds is 6. The molecule has 4 rings (SSSR count). The van der Waals surface area contributed by atoms with Gasteiger partial charge in [-0.05, 0) is 24.6 Å². The van der Waals surface area contributed by atoms with E-state index in [4.69, 9.17) is 0 Å². The Hall–Kier alpha value is -3.99. The van der Waals surface area contributed by atoms with Crippen LogP contribution in [0.15, 0.2) is 69.7 Å². The average molecular weight is 494 g/mol. The van der Waals surface area contributed by atoms with E-state index in [0.29, 0.717) is 11.5 Å². The molecule has 0 saturated heterocycles. The molecule has 0 spiro atoms. The van der Waals surface area contributed by atoms with Crippen molar-refractivity contribution in [3.63, 3.8) is 0 Å². The zero-order valence-electron chi connectivity index (χ0n) is 20.1. The lowest BCUT2D eigenvalue weighted by Crippen LogP contribution is -2.15. The first kappa shape index (κ1) is 24.1. The molecule has 2 heterocycles. The van der Waals surface area contributed by atoms with Crippen LogP contribution >= 0.6 is 0 Å². The number of phenols is 1. The Bertz CT molecular complexity index is 1500. The highest BCUT2D eigenvalue weighted by molar-refractivity contribution is 7.92. The molecule has 35 heavy (non-hydrogen) atoms. The third-order valence-corrected chi connectivity index (χ3v) is 6.74. The average Bonchev–Trinajstić information content (AvgIpc) is 3.32. The van der Waals surface area contributed by atoms with Crippen LogP contribution in [0, 0.1) is 6.92 Å². The topological polar surface area (TPSA) is 138 Å². The summed E-state index contributed by atoms with van der Waals surface area (Å²) in [5, 5.41) is 30.7. The second-order valence-electron chi connectivity index (χ2n) is 9.11. The SMILES string of the molecule is Cc1[nH]nc(N=Nc2c(C(C)(C)C)nn(C)c2NS(=O)(=O)c2ccccc2O)c1-c1ccccc1. The van der Waals surface area contributed by atoms with E-state index in [1.807, 2.05) is 58.0 Å². The molecule has 4 aromatic rings. The van der Waals surface area contributed by atoms with E-state index in [1.54, 1.807) is 13.1 Å². The smallest absolute Gasteiger partial charge is 0.266 e. The summed E-state index contributed by atoms with van der Waals surface area (Å²) >= 11 is 0. The number of aromatic hydroxyl groups is 1. The third kappa shape index (κ3) is 4.80. The zero-order chi connectivity index (χ0) is 25.4. The van der Waals surface area contributed by atoms with Crippen LogP contribution in [0.2, 0.25) is 0 Å². The maximum Gasteiger partial charge on any atom is 0.266 e. The maximum absolute atomic E-state index is 13.1. The van der Waals surface area contributed by atoms with Gasteiger partial charge in [-0.15, -0.1) is 10.2 Å². The van der Waals surface area contributed by atoms with Crippen molar-refractivity contribution in [3.05, 3.63) is 66.0 Å². The lowest BCUT2D eigenvalue weighted by Gasteiger charge is -2.15. The summed E-state index contributed by atoms with van der Waals surface area (Å²) in [6.07, 6.45) is 0. The quantitative estimate of drug-likeness (QED) is 0.311. The van der Waals surface area contributed by atoms with Crippen LogP contribution in [0.3, 0.4) is 0 Å². The van der Waals surface area contributed by atoms with Crippen molar-refractivity contribution in [3.8, 4) is 16.9 Å². The minimum absolute atomic E-state index is 0.121. The molecule has 2 aromatic heterocycles. The molecule has 0 amide bonds. The molecule has 3 N–H and O–H groups in total. The van der Waals surface area contributed by atoms with Gasteiger partial charge in [-0.2, -0.15) is 10.2 Å². The highest BCUT2D eigenvalue weighted by Crippen LogP contribution is 2.40. The molecule has 0 fully saturated rings. The Balaban J connectivity index is 1.82. The summed E-state index contributed by atoms with van der Waals surface area (Å²) in [5.41, 5.74) is 2.90. The van der Waals surface area contributed by atoms with Crippen LogP contribution in [-0.2, 0) is 22.5 Å². The number of benzene rings is 2. The Morgan fingerprint density at radius 1 is 1.03 bits per heavy atom. The molecule has 0 bridgehead atoms. The van der Waals surface area contributed by atoms with Gasteiger partial charge in [0.2, 0.25) is 5.82 Å². The number of aryl methyl sites for hydroxylation is 2. The number of azo groups is 1. The molecule has 0 unspecified atom stereocenters. The first-order chi connectivity index (χ1) is 16.5. The summed E-state index contributed by atoms with van der Waals surface area (Å²) in [4.78, 5) is -0.254. The van der Waals surface area contributed by atoms with Crippen LogP contribution in [0.4, 0.5) is 17.3 Å². The number of nitrogens with one attached hydrogen (secondary N) is 2. The molecule has 0 aliphatic heterocycles. The minimum atomic E-state index is -4.14. The van der Waals surface area contributed by atoms with Gasteiger partial charge in [0.1, 0.15) is 10.6 Å². The number of sulfonamides is 1. The van der Waals surface area contributed by atoms with Crippen LogP contribution in [0.1, 0.15) is 32.2 Å². The number of phenolic OH excluding ortho intramolecular Hbond substituents is 1. The summed E-state index contributed by atoms with van der Waals surface area (Å²) in [6.45, 7) is 7.74. The van der Waals surface area contributed by atoms with Gasteiger partial charge in [-0.3, -0.25) is 9.82 Å². The van der Waals surface area contributed by atoms with Crippen molar-refractivity contribution in [1.82, 2.24) is 20.0 Å². The molecule has 0 aliphatic carbocycles. The van der Waals surface area contributed by atoms with Crippen LogP contribution in [-0.4, -0.2) is 33.5 Å². The van der Waals surface area contributed by atoms with E-state index in [2.05, 4.69) is 30.2 Å². The van der Waals surface area contributed by atoms with Crippen LogP contribution in [0.5, 0.6) is 5.75 Å². The van der Waals surface area contributed by atoms with Gasteiger partial charge in [0.15, 0.2) is 11.5 Å². The normalized spacial score (nSPS) is 12.4. The van der Waals surface area contributed by atoms with Crippen molar-refractivity contribution >= 4 is 27.3 Å². The summed E-state index contributed by atoms with van der Waals surface area (Å²) < 4.78 is 30.1. The number of H-pyrrole nitrogens is 1. The fourth-order valence-corrected chi connectivity index (χ4v) is 4.82. The van der Waals surface area contributed by atoms with Crippen molar-refractivity contribution in [2.24, 2.45) is 17.3 Å². The fraction of sp³-hybridized carbons (Fsp3) is 0.250. The van der Waals surface area contributed by atoms with E-state index in [-0.39, 0.29) is 22.2 Å². The van der Waals surface area contributed by atoms with Gasteiger partial charge in [0.05, 0.1) is 11.3 Å². The summed E-state index contributed by atoms with van der Waals surface area (Å²) in [6, 6.07) is 15.4. The van der Waals surface area contributed by atoms with E-state index in [0.717, 1.165) is 16.8 Å². The standard InChI is InChI=1S/C24H27N7O3S/c1-15-19(16-11-7-6-8-12-16)22(27-25-15)28-26-20-21(24(2,3)4)29-31(5)23(20)30-35(33,34)18-14-10-9-13-17(18)32/h6-14,30,32H,1-5H3,(H,25,27). The highest BCUT2D eigenvalue weighted by Gasteiger charge is 2.30. The monoisotopic (exact) mass is 493 g/mol. The number of para-hydroxylation sites is 1. The lowest BCUT2D eigenvalue weighted by atomic mass is 9.91. The molecule has 2 aromatic carbocycles. The molecule has 0 atom stereocenters. The Morgan fingerprint density at radius 3 is 2.34 bits per heavy atom. The van der Waals surface area contributed by atoms with E-state index in [9.17, 15) is 13.5 Å². The summed E-state index contributed by atoms with van der Waals surface area (Å²) in [5.74, 6) is 0.128. The van der Waals surface area contributed by atoms with Gasteiger partial charge in [0.25, 0.3) is 10.0 Å². The Morgan fingerprint density at radius 2 is 1.69 bits per heavy atom. The molecule has 11 heteroatoms. The molecular formula is C24H27N7O3S. The second kappa shape index (κ2) is 8.99. The number of aromatic nitrogens is 4. The second-order valence-corrected chi connectivity index (χ2v) is 10.8. The van der Waals surface area contributed by atoms with E-state index < -0.39 is 15.4 Å². The van der Waals surface area contributed by atoms with Gasteiger partial charge in [-0.1, -0.05) is 63.2 Å². The van der Waals surface area contributed by atoms with E-state index in [1.165, 1.54) is 22.9 Å². The van der Waals surface area contributed by atoms with Crippen molar-refractivity contribution in [2.45, 2.75) is 38.0 Å². The molecule has 0 aliphatic rings. The number of anilines is 1. The van der Waals surface area contributed by atoms with Gasteiger partial charge < -0.3 is 5.11 Å². The van der Waals surface area contributed by atoms with Gasteiger partial charge in [-0.25, -0.2) is 13.1 Å². The number of hydrogen-bond acceptors (Lipinski definition) is 7. The predicted octanol–water partition coefficient (Wildman–Crippen LogP) is 5.34. The molecule has 182 valence electrons. The van der Waals surface area contributed by atoms with E-state index >= 15 is 0 Å². The molecule has 10 nitrogen and oxygen atoms in total. The van der Waals surface area contributed by atoms with Crippen molar-refractivity contribution in [2.75, 3.05) is 4.72 Å². The molecule has 0 radical (unpaired) electrons. The molecular weight excluding hydrogens is 466 g/mol. The molecule has 0 saturated carbocycles. The minimum Gasteiger partial charge on any atom is -0.507 e. The highest BCUT2D eigenvalue weighted by atomic mass is 32.2. The van der Waals surface area contributed by atoms with Gasteiger partial charge >= 0.3 is 0 Å². The van der Waals surface area contributed by atoms with Gasteiger partial charge in [0, 0.05) is 18.2 Å². The first-order valence-electron chi connectivity index (χ1n) is 10.9. The van der Waals surface area contributed by atoms with Crippen molar-refractivity contribution in [1.29, 1.82) is 0 Å². The van der Waals surface area contributed by atoms with Crippen LogP contribution < -0.4 is 4.72 Å².